The first-order valence-corrected chi connectivity index (χ1v) is 9.16. The Kier molecular flexibility index (Phi) is 5.02. The van der Waals surface area contributed by atoms with E-state index in [1.807, 2.05) is 32.0 Å². The molecule has 1 aliphatic heterocycles. The molecule has 122 valence electrons. The molecule has 24 heavy (non-hydrogen) atoms. The fourth-order valence-corrected chi connectivity index (χ4v) is 4.12. The molecular formula is C18H13Cl2NOS2. The number of aryl methyl sites for hydroxylation is 2. The van der Waals surface area contributed by atoms with E-state index in [9.17, 15) is 4.79 Å². The van der Waals surface area contributed by atoms with Gasteiger partial charge < -0.3 is 0 Å². The van der Waals surface area contributed by atoms with E-state index in [0.29, 0.717) is 24.8 Å². The molecule has 1 heterocycles. The Morgan fingerprint density at radius 1 is 1.08 bits per heavy atom. The van der Waals surface area contributed by atoms with Crippen LogP contribution in [0.25, 0.3) is 6.08 Å². The van der Waals surface area contributed by atoms with Gasteiger partial charge in [0.05, 0.1) is 10.6 Å². The van der Waals surface area contributed by atoms with Crippen LogP contribution in [0.4, 0.5) is 5.69 Å². The van der Waals surface area contributed by atoms with Gasteiger partial charge in [0.25, 0.3) is 5.91 Å². The summed E-state index contributed by atoms with van der Waals surface area (Å²) in [6.07, 6.45) is 1.70. The smallest absolute Gasteiger partial charge is 0.268 e. The topological polar surface area (TPSA) is 20.3 Å². The van der Waals surface area contributed by atoms with Gasteiger partial charge in [-0.05, 0) is 55.3 Å². The molecule has 3 rings (SSSR count). The Hall–Kier alpha value is -1.33. The van der Waals surface area contributed by atoms with Gasteiger partial charge in [0, 0.05) is 15.6 Å². The number of anilines is 1. The maximum absolute atomic E-state index is 12.8. The summed E-state index contributed by atoms with van der Waals surface area (Å²) in [7, 11) is 0. The summed E-state index contributed by atoms with van der Waals surface area (Å²) in [5.74, 6) is -0.163. The van der Waals surface area contributed by atoms with Crippen molar-refractivity contribution in [3.8, 4) is 0 Å². The largest absolute Gasteiger partial charge is 0.270 e. The SMILES string of the molecule is Cc1ccc(N2C(=O)/C(=C\c3c(Cl)cccc3Cl)SC2=S)cc1C. The highest BCUT2D eigenvalue weighted by Crippen LogP contribution is 2.38. The minimum absolute atomic E-state index is 0.163. The zero-order valence-corrected chi connectivity index (χ0v) is 16.1. The lowest BCUT2D eigenvalue weighted by molar-refractivity contribution is -0.113. The van der Waals surface area contributed by atoms with E-state index in [-0.39, 0.29) is 5.91 Å². The van der Waals surface area contributed by atoms with Crippen LogP contribution in [-0.4, -0.2) is 10.2 Å². The van der Waals surface area contributed by atoms with Crippen LogP contribution in [0, 0.1) is 13.8 Å². The molecule has 1 amide bonds. The molecule has 6 heteroatoms. The molecule has 0 unspecified atom stereocenters. The van der Waals surface area contributed by atoms with Crippen LogP contribution in [0.2, 0.25) is 10.0 Å². The van der Waals surface area contributed by atoms with E-state index in [1.165, 1.54) is 17.3 Å². The summed E-state index contributed by atoms with van der Waals surface area (Å²) in [4.78, 5) is 14.9. The molecule has 2 aromatic carbocycles. The second-order valence-electron chi connectivity index (χ2n) is 5.42. The first-order chi connectivity index (χ1) is 11.4. The zero-order valence-electron chi connectivity index (χ0n) is 13.0. The molecule has 0 aliphatic carbocycles. The number of thiocarbonyl (C=S) groups is 1. The van der Waals surface area contributed by atoms with Crippen molar-refractivity contribution in [1.82, 2.24) is 0 Å². The number of halogens is 2. The summed E-state index contributed by atoms with van der Waals surface area (Å²) >= 11 is 19.0. The molecule has 0 radical (unpaired) electrons. The van der Waals surface area contributed by atoms with Gasteiger partial charge in [-0.15, -0.1) is 0 Å². The summed E-state index contributed by atoms with van der Waals surface area (Å²) in [5, 5.41) is 0.998. The van der Waals surface area contributed by atoms with Crippen molar-refractivity contribution in [1.29, 1.82) is 0 Å². The van der Waals surface area contributed by atoms with Gasteiger partial charge in [-0.2, -0.15) is 0 Å². The van der Waals surface area contributed by atoms with Gasteiger partial charge in [-0.25, -0.2) is 0 Å². The van der Waals surface area contributed by atoms with Crippen molar-refractivity contribution >= 4 is 69.2 Å². The molecule has 2 nitrogen and oxygen atoms in total. The highest BCUT2D eigenvalue weighted by molar-refractivity contribution is 8.27. The fourth-order valence-electron chi connectivity index (χ4n) is 2.33. The van der Waals surface area contributed by atoms with Crippen molar-refractivity contribution in [2.24, 2.45) is 0 Å². The van der Waals surface area contributed by atoms with Gasteiger partial charge in [-0.3, -0.25) is 9.69 Å². The number of nitrogens with zero attached hydrogens (tertiary/aromatic N) is 1. The summed E-state index contributed by atoms with van der Waals surface area (Å²) in [6.45, 7) is 4.04. The number of thioether (sulfide) groups is 1. The van der Waals surface area contributed by atoms with Crippen LogP contribution in [-0.2, 0) is 4.79 Å². The molecule has 0 N–H and O–H groups in total. The average molecular weight is 394 g/mol. The molecule has 0 spiro atoms. The minimum atomic E-state index is -0.163. The molecule has 0 bridgehead atoms. The number of hydrogen-bond donors (Lipinski definition) is 0. The molecule has 0 atom stereocenters. The lowest BCUT2D eigenvalue weighted by Gasteiger charge is -2.16. The van der Waals surface area contributed by atoms with Crippen LogP contribution >= 0.6 is 47.2 Å². The summed E-state index contributed by atoms with van der Waals surface area (Å²) in [5.41, 5.74) is 3.68. The van der Waals surface area contributed by atoms with E-state index in [1.54, 1.807) is 29.2 Å². The Labute approximate surface area is 160 Å². The first kappa shape index (κ1) is 17.5. The van der Waals surface area contributed by atoms with Gasteiger partial charge in [0.2, 0.25) is 0 Å². The second kappa shape index (κ2) is 6.89. The fraction of sp³-hybridized carbons (Fsp3) is 0.111. The second-order valence-corrected chi connectivity index (χ2v) is 7.91. The van der Waals surface area contributed by atoms with Crippen LogP contribution in [0.5, 0.6) is 0 Å². The van der Waals surface area contributed by atoms with Crippen molar-refractivity contribution in [2.75, 3.05) is 4.90 Å². The predicted octanol–water partition coefficient (Wildman–Crippen LogP) is 6.02. The summed E-state index contributed by atoms with van der Waals surface area (Å²) < 4.78 is 0.498. The van der Waals surface area contributed by atoms with E-state index in [2.05, 4.69) is 0 Å². The molecule has 0 aromatic heterocycles. The van der Waals surface area contributed by atoms with Crippen molar-refractivity contribution < 1.29 is 4.79 Å². The maximum atomic E-state index is 12.8. The Morgan fingerprint density at radius 3 is 2.38 bits per heavy atom. The first-order valence-electron chi connectivity index (χ1n) is 7.17. The van der Waals surface area contributed by atoms with Crippen LogP contribution in [0.3, 0.4) is 0 Å². The number of amides is 1. The van der Waals surface area contributed by atoms with E-state index in [4.69, 9.17) is 35.4 Å². The Balaban J connectivity index is 2.00. The van der Waals surface area contributed by atoms with Gasteiger partial charge in [0.1, 0.15) is 0 Å². The third-order valence-corrected chi connectivity index (χ3v) is 5.78. The molecule has 1 saturated heterocycles. The van der Waals surface area contributed by atoms with E-state index >= 15 is 0 Å². The van der Waals surface area contributed by atoms with Crippen molar-refractivity contribution in [3.05, 3.63) is 68.0 Å². The van der Waals surface area contributed by atoms with Crippen LogP contribution in [0.1, 0.15) is 16.7 Å². The molecule has 0 saturated carbocycles. The molecular weight excluding hydrogens is 381 g/mol. The third-order valence-electron chi connectivity index (χ3n) is 3.82. The summed E-state index contributed by atoms with van der Waals surface area (Å²) in [6, 6.07) is 11.1. The zero-order chi connectivity index (χ0) is 17.4. The number of hydrogen-bond acceptors (Lipinski definition) is 3. The van der Waals surface area contributed by atoms with Gasteiger partial charge in [-0.1, -0.05) is 59.3 Å². The number of rotatable bonds is 2. The maximum Gasteiger partial charge on any atom is 0.270 e. The van der Waals surface area contributed by atoms with Crippen molar-refractivity contribution in [3.63, 3.8) is 0 Å². The number of benzene rings is 2. The Bertz CT molecular complexity index is 872. The average Bonchev–Trinajstić information content (AvgIpc) is 2.80. The normalized spacial score (nSPS) is 16.3. The Morgan fingerprint density at radius 2 is 1.75 bits per heavy atom. The minimum Gasteiger partial charge on any atom is -0.268 e. The van der Waals surface area contributed by atoms with Gasteiger partial charge >= 0.3 is 0 Å². The van der Waals surface area contributed by atoms with Crippen molar-refractivity contribution in [2.45, 2.75) is 13.8 Å². The lowest BCUT2D eigenvalue weighted by atomic mass is 10.1. The van der Waals surface area contributed by atoms with E-state index < -0.39 is 0 Å². The highest BCUT2D eigenvalue weighted by atomic mass is 35.5. The molecule has 2 aromatic rings. The van der Waals surface area contributed by atoms with Crippen LogP contribution < -0.4 is 4.90 Å². The highest BCUT2D eigenvalue weighted by Gasteiger charge is 2.33. The standard InChI is InChI=1S/C18H13Cl2NOS2/c1-10-6-7-12(8-11(10)2)21-17(22)16(24-18(21)23)9-13-14(19)4-3-5-15(13)20/h3-9H,1-2H3/b16-9+. The number of carbonyl (C=O) groups is 1. The predicted molar refractivity (Wildman–Crippen MR) is 108 cm³/mol. The quantitative estimate of drug-likeness (QED) is 0.459. The van der Waals surface area contributed by atoms with E-state index in [0.717, 1.165) is 11.3 Å². The molecule has 1 aliphatic rings. The van der Waals surface area contributed by atoms with Crippen LogP contribution in [0.15, 0.2) is 41.3 Å². The van der Waals surface area contributed by atoms with Gasteiger partial charge in [0.15, 0.2) is 4.32 Å². The monoisotopic (exact) mass is 393 g/mol. The molecule has 1 fully saturated rings. The lowest BCUT2D eigenvalue weighted by Crippen LogP contribution is -2.27. The third kappa shape index (κ3) is 3.24. The number of carbonyl (C=O) groups excluding carboxylic acids is 1.